The smallest absolute Gasteiger partial charge is 0.329 e. The van der Waals surface area contributed by atoms with Gasteiger partial charge < -0.3 is 9.88 Å². The highest BCUT2D eigenvalue weighted by atomic mass is 16.2. The first-order chi connectivity index (χ1) is 10.1. The van der Waals surface area contributed by atoms with E-state index in [1.54, 1.807) is 13.4 Å². The predicted molar refractivity (Wildman–Crippen MR) is 80.5 cm³/mol. The quantitative estimate of drug-likeness (QED) is 0.732. The Hall–Kier alpha value is -2.83. The van der Waals surface area contributed by atoms with Crippen molar-refractivity contribution in [1.82, 2.24) is 19.1 Å². The maximum absolute atomic E-state index is 11.5. The zero-order valence-corrected chi connectivity index (χ0v) is 11.5. The van der Waals surface area contributed by atoms with Crippen molar-refractivity contribution >= 4 is 16.9 Å². The molecular formula is C14H15N5O2. The maximum atomic E-state index is 11.5. The van der Waals surface area contributed by atoms with Gasteiger partial charge in [-0.15, -0.1) is 0 Å². The van der Waals surface area contributed by atoms with Crippen LogP contribution < -0.4 is 16.6 Å². The summed E-state index contributed by atoms with van der Waals surface area (Å²) >= 11 is 0. The highest BCUT2D eigenvalue weighted by Crippen LogP contribution is 2.11. The summed E-state index contributed by atoms with van der Waals surface area (Å²) in [6.07, 6.45) is 1.78. The number of H-pyrrole nitrogens is 1. The molecule has 0 atom stereocenters. The Morgan fingerprint density at radius 1 is 1.29 bits per heavy atom. The predicted octanol–water partition coefficient (Wildman–Crippen LogP) is 0.535. The van der Waals surface area contributed by atoms with Crippen LogP contribution in [-0.4, -0.2) is 25.6 Å². The van der Waals surface area contributed by atoms with Crippen molar-refractivity contribution in [3.8, 4) is 0 Å². The number of rotatable bonds is 4. The van der Waals surface area contributed by atoms with Gasteiger partial charge in [0.2, 0.25) is 0 Å². The Labute approximate surface area is 119 Å². The van der Waals surface area contributed by atoms with E-state index in [0.717, 1.165) is 11.0 Å². The van der Waals surface area contributed by atoms with Gasteiger partial charge in [0.05, 0.1) is 17.4 Å². The summed E-state index contributed by atoms with van der Waals surface area (Å²) in [5, 5.41) is 3.09. The van der Waals surface area contributed by atoms with Crippen molar-refractivity contribution in [2.24, 2.45) is 7.05 Å². The lowest BCUT2D eigenvalue weighted by Crippen LogP contribution is -2.30. The summed E-state index contributed by atoms with van der Waals surface area (Å²) in [6, 6.07) is 9.25. The van der Waals surface area contributed by atoms with Crippen LogP contribution in [0.2, 0.25) is 0 Å². The largest absolute Gasteiger partial charge is 0.369 e. The number of fused-ring (bicyclic) bond motifs is 1. The summed E-state index contributed by atoms with van der Waals surface area (Å²) in [6.45, 7) is 1.26. The Balaban J connectivity index is 1.75. The molecule has 0 unspecified atom stereocenters. The van der Waals surface area contributed by atoms with Crippen LogP contribution in [0.4, 0.5) is 5.82 Å². The topological polar surface area (TPSA) is 84.7 Å². The molecule has 3 aromatic rings. The third kappa shape index (κ3) is 2.58. The van der Waals surface area contributed by atoms with Gasteiger partial charge in [-0.05, 0) is 12.1 Å². The van der Waals surface area contributed by atoms with E-state index in [0.29, 0.717) is 18.9 Å². The molecule has 2 N–H and O–H groups in total. The van der Waals surface area contributed by atoms with Crippen LogP contribution in [0.1, 0.15) is 0 Å². The van der Waals surface area contributed by atoms with Gasteiger partial charge in [-0.3, -0.25) is 14.3 Å². The molecule has 108 valence electrons. The van der Waals surface area contributed by atoms with Gasteiger partial charge in [-0.25, -0.2) is 9.78 Å². The number of anilines is 1. The van der Waals surface area contributed by atoms with Gasteiger partial charge >= 0.3 is 5.69 Å². The average molecular weight is 285 g/mol. The van der Waals surface area contributed by atoms with Crippen LogP contribution in [0, 0.1) is 0 Å². The molecule has 7 heteroatoms. The maximum Gasteiger partial charge on any atom is 0.329 e. The number of nitrogens with zero attached hydrogens (tertiary/aromatic N) is 3. The van der Waals surface area contributed by atoms with Crippen molar-refractivity contribution < 1.29 is 0 Å². The van der Waals surface area contributed by atoms with Crippen molar-refractivity contribution in [2.75, 3.05) is 11.9 Å². The number of imidazole rings is 1. The molecule has 0 fully saturated rings. The lowest BCUT2D eigenvalue weighted by molar-refractivity contribution is 0.731. The van der Waals surface area contributed by atoms with Gasteiger partial charge in [-0.1, -0.05) is 12.1 Å². The van der Waals surface area contributed by atoms with Gasteiger partial charge in [0.15, 0.2) is 0 Å². The first kappa shape index (κ1) is 13.2. The standard InChI is InChI=1S/C14H15N5O2/c1-18-12(8-13(20)17-14(18)21)15-6-7-19-9-16-10-4-2-3-5-11(10)19/h2-5,8-9,15H,6-7H2,1H3,(H,17,20,21). The zero-order chi connectivity index (χ0) is 14.8. The lowest BCUT2D eigenvalue weighted by atomic mass is 10.3. The van der Waals surface area contributed by atoms with E-state index >= 15 is 0 Å². The molecule has 0 saturated heterocycles. The number of hydrogen-bond acceptors (Lipinski definition) is 4. The molecule has 21 heavy (non-hydrogen) atoms. The molecule has 3 rings (SSSR count). The van der Waals surface area contributed by atoms with Gasteiger partial charge in [0.1, 0.15) is 5.82 Å². The van der Waals surface area contributed by atoms with Crippen LogP contribution in [-0.2, 0) is 13.6 Å². The summed E-state index contributed by atoms with van der Waals surface area (Å²) in [5.74, 6) is 0.494. The first-order valence-electron chi connectivity index (χ1n) is 6.59. The number of aromatic nitrogens is 4. The zero-order valence-electron chi connectivity index (χ0n) is 11.5. The number of aromatic amines is 1. The van der Waals surface area contributed by atoms with Gasteiger partial charge in [0, 0.05) is 26.2 Å². The fourth-order valence-electron chi connectivity index (χ4n) is 2.22. The molecule has 0 amide bonds. The van der Waals surface area contributed by atoms with Crippen LogP contribution in [0.25, 0.3) is 11.0 Å². The molecule has 2 aromatic heterocycles. The molecule has 0 spiro atoms. The first-order valence-corrected chi connectivity index (χ1v) is 6.59. The molecule has 0 aliphatic rings. The van der Waals surface area contributed by atoms with Gasteiger partial charge in [0.25, 0.3) is 5.56 Å². The molecule has 0 aliphatic carbocycles. The lowest BCUT2D eigenvalue weighted by Gasteiger charge is -2.10. The highest BCUT2D eigenvalue weighted by Gasteiger charge is 2.03. The Bertz CT molecular complexity index is 890. The molecule has 0 saturated carbocycles. The van der Waals surface area contributed by atoms with E-state index in [1.165, 1.54) is 10.6 Å². The number of hydrogen-bond donors (Lipinski definition) is 2. The second-order valence-corrected chi connectivity index (χ2v) is 4.74. The third-order valence-corrected chi connectivity index (χ3v) is 3.35. The summed E-state index contributed by atoms with van der Waals surface area (Å²) in [7, 11) is 1.60. The SMILES string of the molecule is Cn1c(NCCn2cnc3ccccc32)cc(=O)[nH]c1=O. The summed E-state index contributed by atoms with van der Waals surface area (Å²) in [5.41, 5.74) is 1.16. The van der Waals surface area contributed by atoms with Crippen molar-refractivity contribution in [3.05, 3.63) is 57.5 Å². The third-order valence-electron chi connectivity index (χ3n) is 3.35. The van der Waals surface area contributed by atoms with E-state index < -0.39 is 11.2 Å². The molecule has 2 heterocycles. The molecule has 7 nitrogen and oxygen atoms in total. The second kappa shape index (κ2) is 5.28. The van der Waals surface area contributed by atoms with E-state index in [9.17, 15) is 9.59 Å². The van der Waals surface area contributed by atoms with Crippen LogP contribution in [0.15, 0.2) is 46.2 Å². The minimum atomic E-state index is -0.432. The second-order valence-electron chi connectivity index (χ2n) is 4.74. The van der Waals surface area contributed by atoms with Crippen molar-refractivity contribution in [1.29, 1.82) is 0 Å². The normalized spacial score (nSPS) is 10.9. The van der Waals surface area contributed by atoms with Crippen LogP contribution >= 0.6 is 0 Å². The van der Waals surface area contributed by atoms with E-state index in [2.05, 4.69) is 15.3 Å². The minimum Gasteiger partial charge on any atom is -0.369 e. The monoisotopic (exact) mass is 285 g/mol. The fraction of sp³-hybridized carbons (Fsp3) is 0.214. The van der Waals surface area contributed by atoms with Crippen LogP contribution in [0.5, 0.6) is 0 Å². The minimum absolute atomic E-state index is 0.409. The molecular weight excluding hydrogens is 270 g/mol. The highest BCUT2D eigenvalue weighted by molar-refractivity contribution is 5.74. The average Bonchev–Trinajstić information content (AvgIpc) is 2.87. The van der Waals surface area contributed by atoms with Crippen LogP contribution in [0.3, 0.4) is 0 Å². The van der Waals surface area contributed by atoms with Gasteiger partial charge in [-0.2, -0.15) is 0 Å². The van der Waals surface area contributed by atoms with Crippen molar-refractivity contribution in [3.63, 3.8) is 0 Å². The summed E-state index contributed by atoms with van der Waals surface area (Å²) < 4.78 is 3.39. The molecule has 0 radical (unpaired) electrons. The van der Waals surface area contributed by atoms with E-state index in [1.807, 2.05) is 28.8 Å². The summed E-state index contributed by atoms with van der Waals surface area (Å²) in [4.78, 5) is 29.3. The Morgan fingerprint density at radius 2 is 2.10 bits per heavy atom. The van der Waals surface area contributed by atoms with Crippen molar-refractivity contribution in [2.45, 2.75) is 6.54 Å². The Kier molecular flexibility index (Phi) is 3.31. The van der Waals surface area contributed by atoms with E-state index in [4.69, 9.17) is 0 Å². The molecule has 1 aromatic carbocycles. The number of para-hydroxylation sites is 2. The fourth-order valence-corrected chi connectivity index (χ4v) is 2.22. The molecule has 0 aliphatic heterocycles. The Morgan fingerprint density at radius 3 is 2.95 bits per heavy atom. The van der Waals surface area contributed by atoms with E-state index in [-0.39, 0.29) is 0 Å². The molecule has 0 bridgehead atoms. The number of benzene rings is 1. The number of nitrogens with one attached hydrogen (secondary N) is 2.